The van der Waals surface area contributed by atoms with E-state index in [9.17, 15) is 4.79 Å². The quantitative estimate of drug-likeness (QED) is 0.610. The van der Waals surface area contributed by atoms with Crippen LogP contribution in [0.25, 0.3) is 10.7 Å². The molecule has 0 aliphatic carbocycles. The van der Waals surface area contributed by atoms with Gasteiger partial charge in [0.05, 0.1) is 4.88 Å². The second-order valence-corrected chi connectivity index (χ2v) is 7.23. The van der Waals surface area contributed by atoms with E-state index < -0.39 is 0 Å². The van der Waals surface area contributed by atoms with Crippen molar-refractivity contribution in [2.45, 2.75) is 32.7 Å². The Balaban J connectivity index is 1.71. The molecule has 0 saturated carbocycles. The second kappa shape index (κ2) is 7.76. The summed E-state index contributed by atoms with van der Waals surface area (Å²) in [4.78, 5) is 13.4. The molecule has 1 aromatic carbocycles. The first-order valence-electron chi connectivity index (χ1n) is 8.17. The van der Waals surface area contributed by atoms with Gasteiger partial charge in [-0.15, -0.1) is 11.3 Å². The van der Waals surface area contributed by atoms with E-state index in [-0.39, 0.29) is 12.5 Å². The van der Waals surface area contributed by atoms with Gasteiger partial charge in [-0.25, -0.2) is 0 Å². The van der Waals surface area contributed by atoms with Crippen molar-refractivity contribution in [2.24, 2.45) is 0 Å². The van der Waals surface area contributed by atoms with E-state index in [1.807, 2.05) is 29.6 Å². The molecule has 0 spiro atoms. The second-order valence-electron chi connectivity index (χ2n) is 5.90. The topological polar surface area (TPSA) is 62.7 Å². The van der Waals surface area contributed by atoms with Gasteiger partial charge in [0.2, 0.25) is 5.91 Å². The molecular formula is C18H20N4OS2. The lowest BCUT2D eigenvalue weighted by molar-refractivity contribution is -0.116. The zero-order valence-corrected chi connectivity index (χ0v) is 15.8. The fourth-order valence-corrected chi connectivity index (χ4v) is 3.45. The molecule has 2 heterocycles. The fraction of sp³-hybridized carbons (Fsp3) is 0.278. The molecule has 0 saturated heterocycles. The first kappa shape index (κ1) is 17.6. The van der Waals surface area contributed by atoms with E-state index in [0.717, 1.165) is 17.0 Å². The number of carbonyl (C=O) groups is 1. The lowest BCUT2D eigenvalue weighted by Gasteiger charge is -2.11. The molecule has 2 aromatic heterocycles. The number of hydrogen-bond acceptors (Lipinski definition) is 4. The van der Waals surface area contributed by atoms with Crippen LogP contribution in [0.3, 0.4) is 0 Å². The van der Waals surface area contributed by atoms with Crippen LogP contribution in [-0.4, -0.2) is 20.7 Å². The number of aromatic amines is 1. The maximum Gasteiger partial charge on any atom is 0.244 e. The van der Waals surface area contributed by atoms with Crippen LogP contribution in [0.15, 0.2) is 41.8 Å². The molecule has 2 N–H and O–H groups in total. The van der Waals surface area contributed by atoms with Gasteiger partial charge in [0.25, 0.3) is 0 Å². The highest BCUT2D eigenvalue weighted by Gasteiger charge is 2.13. The van der Waals surface area contributed by atoms with E-state index >= 15 is 0 Å². The normalized spacial score (nSPS) is 12.1. The average molecular weight is 373 g/mol. The molecule has 0 unspecified atom stereocenters. The standard InChI is InChI=1S/C18H20N4OS2/c1-3-12(2)13-6-8-14(9-7-13)19-16(23)11-22-17(20-21-18(22)24)15-5-4-10-25-15/h4-10,12H,3,11H2,1-2H3,(H,19,23)(H,21,24)/t12-/m1/s1. The Bertz CT molecular complexity index is 894. The smallest absolute Gasteiger partial charge is 0.244 e. The summed E-state index contributed by atoms with van der Waals surface area (Å²) in [6.45, 7) is 4.48. The van der Waals surface area contributed by atoms with Crippen LogP contribution in [0, 0.1) is 4.77 Å². The third kappa shape index (κ3) is 4.05. The molecule has 0 aliphatic heterocycles. The van der Waals surface area contributed by atoms with Gasteiger partial charge in [-0.3, -0.25) is 14.5 Å². The van der Waals surface area contributed by atoms with Crippen LogP contribution in [0.2, 0.25) is 0 Å². The highest BCUT2D eigenvalue weighted by molar-refractivity contribution is 7.71. The molecule has 25 heavy (non-hydrogen) atoms. The van der Waals surface area contributed by atoms with Crippen LogP contribution in [0.5, 0.6) is 0 Å². The Kier molecular flexibility index (Phi) is 5.45. The van der Waals surface area contributed by atoms with Crippen molar-refractivity contribution in [2.75, 3.05) is 5.32 Å². The van der Waals surface area contributed by atoms with Gasteiger partial charge in [-0.1, -0.05) is 32.0 Å². The predicted octanol–water partition coefficient (Wildman–Crippen LogP) is 4.82. The molecule has 1 amide bonds. The molecule has 1 atom stereocenters. The first-order valence-corrected chi connectivity index (χ1v) is 9.46. The third-order valence-corrected chi connectivity index (χ3v) is 5.35. The molecule has 130 valence electrons. The number of carbonyl (C=O) groups excluding carboxylic acids is 1. The largest absolute Gasteiger partial charge is 0.325 e. The Morgan fingerprint density at radius 3 is 2.76 bits per heavy atom. The molecule has 5 nitrogen and oxygen atoms in total. The van der Waals surface area contributed by atoms with Gasteiger partial charge in [0, 0.05) is 5.69 Å². The van der Waals surface area contributed by atoms with Gasteiger partial charge in [-0.05, 0) is 53.7 Å². The van der Waals surface area contributed by atoms with Crippen molar-refractivity contribution in [1.82, 2.24) is 14.8 Å². The zero-order valence-electron chi connectivity index (χ0n) is 14.2. The Morgan fingerprint density at radius 1 is 1.36 bits per heavy atom. The number of anilines is 1. The summed E-state index contributed by atoms with van der Waals surface area (Å²) in [5.74, 6) is 1.07. The minimum absolute atomic E-state index is 0.121. The molecule has 3 rings (SSSR count). The number of thiophene rings is 1. The van der Waals surface area contributed by atoms with Crippen molar-refractivity contribution < 1.29 is 4.79 Å². The molecule has 0 bridgehead atoms. The van der Waals surface area contributed by atoms with Crippen LogP contribution < -0.4 is 5.32 Å². The van der Waals surface area contributed by atoms with E-state index in [1.54, 1.807) is 15.9 Å². The van der Waals surface area contributed by atoms with E-state index in [2.05, 4.69) is 41.5 Å². The van der Waals surface area contributed by atoms with Gasteiger partial charge in [0.15, 0.2) is 10.6 Å². The lowest BCUT2D eigenvalue weighted by atomic mass is 9.99. The Hall–Kier alpha value is -2.25. The van der Waals surface area contributed by atoms with E-state index in [0.29, 0.717) is 16.5 Å². The molecule has 0 aliphatic rings. The number of nitrogens with zero attached hydrogens (tertiary/aromatic N) is 2. The predicted molar refractivity (Wildman–Crippen MR) is 105 cm³/mol. The molecule has 7 heteroatoms. The maximum absolute atomic E-state index is 12.4. The van der Waals surface area contributed by atoms with Crippen molar-refractivity contribution in [3.63, 3.8) is 0 Å². The van der Waals surface area contributed by atoms with Crippen molar-refractivity contribution in [3.8, 4) is 10.7 Å². The fourth-order valence-electron chi connectivity index (χ4n) is 2.53. The summed E-state index contributed by atoms with van der Waals surface area (Å²) in [6.07, 6.45) is 1.09. The monoisotopic (exact) mass is 372 g/mol. The number of H-pyrrole nitrogens is 1. The molecule has 3 aromatic rings. The minimum atomic E-state index is -0.133. The number of benzene rings is 1. The van der Waals surface area contributed by atoms with Crippen LogP contribution in [0.1, 0.15) is 31.7 Å². The highest BCUT2D eigenvalue weighted by Crippen LogP contribution is 2.23. The number of hydrogen-bond donors (Lipinski definition) is 2. The summed E-state index contributed by atoms with van der Waals surface area (Å²) >= 11 is 6.82. The van der Waals surface area contributed by atoms with Gasteiger partial charge < -0.3 is 5.32 Å². The maximum atomic E-state index is 12.4. The molecular weight excluding hydrogens is 352 g/mol. The first-order chi connectivity index (χ1) is 12.1. The van der Waals surface area contributed by atoms with Crippen molar-refractivity contribution in [1.29, 1.82) is 0 Å². The van der Waals surface area contributed by atoms with Gasteiger partial charge in [0.1, 0.15) is 6.54 Å². The Labute approximate surface area is 155 Å². The summed E-state index contributed by atoms with van der Waals surface area (Å²) in [6, 6.07) is 11.9. The van der Waals surface area contributed by atoms with E-state index in [4.69, 9.17) is 12.2 Å². The van der Waals surface area contributed by atoms with Crippen molar-refractivity contribution >= 4 is 35.1 Å². The average Bonchev–Trinajstić information content (AvgIpc) is 3.25. The van der Waals surface area contributed by atoms with Crippen LogP contribution >= 0.6 is 23.6 Å². The summed E-state index contributed by atoms with van der Waals surface area (Å²) in [5.41, 5.74) is 2.06. The SMILES string of the molecule is CC[C@@H](C)c1ccc(NC(=O)Cn2c(-c3cccs3)n[nH]c2=S)cc1. The summed E-state index contributed by atoms with van der Waals surface area (Å²) in [7, 11) is 0. The Morgan fingerprint density at radius 2 is 2.12 bits per heavy atom. The third-order valence-electron chi connectivity index (χ3n) is 4.18. The summed E-state index contributed by atoms with van der Waals surface area (Å²) < 4.78 is 2.15. The number of aromatic nitrogens is 3. The minimum Gasteiger partial charge on any atom is -0.325 e. The summed E-state index contributed by atoms with van der Waals surface area (Å²) in [5, 5.41) is 11.9. The highest BCUT2D eigenvalue weighted by atomic mass is 32.1. The zero-order chi connectivity index (χ0) is 17.8. The lowest BCUT2D eigenvalue weighted by Crippen LogP contribution is -2.19. The molecule has 0 fully saturated rings. The van der Waals surface area contributed by atoms with Crippen LogP contribution in [-0.2, 0) is 11.3 Å². The van der Waals surface area contributed by atoms with Crippen LogP contribution in [0.4, 0.5) is 5.69 Å². The van der Waals surface area contributed by atoms with Gasteiger partial charge >= 0.3 is 0 Å². The number of amides is 1. The number of rotatable bonds is 6. The number of nitrogens with one attached hydrogen (secondary N) is 2. The van der Waals surface area contributed by atoms with Gasteiger partial charge in [-0.2, -0.15) is 5.10 Å². The molecule has 0 radical (unpaired) electrons. The van der Waals surface area contributed by atoms with E-state index in [1.165, 1.54) is 5.56 Å². The van der Waals surface area contributed by atoms with Crippen molar-refractivity contribution in [3.05, 3.63) is 52.1 Å².